The third-order valence-corrected chi connectivity index (χ3v) is 3.22. The molecule has 3 nitrogen and oxygen atoms in total. The van der Waals surface area contributed by atoms with E-state index in [9.17, 15) is 9.90 Å². The first kappa shape index (κ1) is 14.3. The maximum atomic E-state index is 11.9. The van der Waals surface area contributed by atoms with Gasteiger partial charge in [0.15, 0.2) is 5.78 Å². The second kappa shape index (κ2) is 6.35. The van der Waals surface area contributed by atoms with Crippen LogP contribution in [0.15, 0.2) is 42.5 Å². The summed E-state index contributed by atoms with van der Waals surface area (Å²) in [6, 6.07) is 13.2. The zero-order chi connectivity index (χ0) is 14.5. The first-order valence-corrected chi connectivity index (χ1v) is 6.54. The molecule has 0 fully saturated rings. The van der Waals surface area contributed by atoms with Crippen LogP contribution in [0, 0.1) is 6.92 Å². The van der Waals surface area contributed by atoms with E-state index in [0.717, 1.165) is 11.1 Å². The normalized spacial score (nSPS) is 10.5. The number of phenols is 1. The number of methoxy groups -OCH3 is 1. The van der Waals surface area contributed by atoms with Gasteiger partial charge in [0.25, 0.3) is 0 Å². The number of carbonyl (C=O) groups excluding carboxylic acids is 1. The Hall–Kier alpha value is -2.13. The van der Waals surface area contributed by atoms with E-state index < -0.39 is 0 Å². The predicted octanol–water partition coefficient (Wildman–Crippen LogP) is 3.59. The van der Waals surface area contributed by atoms with Crippen LogP contribution in [0.2, 0.25) is 0 Å². The number of aromatic hydroxyl groups is 1. The van der Waals surface area contributed by atoms with Gasteiger partial charge < -0.3 is 9.84 Å². The van der Waals surface area contributed by atoms with Gasteiger partial charge in [-0.3, -0.25) is 4.79 Å². The molecule has 0 heterocycles. The number of hydrogen-bond donors (Lipinski definition) is 1. The lowest BCUT2D eigenvalue weighted by molar-refractivity contribution is 0.0929. The molecule has 2 aromatic rings. The van der Waals surface area contributed by atoms with Crippen LogP contribution in [0.25, 0.3) is 11.1 Å². The van der Waals surface area contributed by atoms with Crippen molar-refractivity contribution in [2.45, 2.75) is 13.3 Å². The summed E-state index contributed by atoms with van der Waals surface area (Å²) < 4.78 is 4.88. The Morgan fingerprint density at radius 1 is 1.10 bits per heavy atom. The van der Waals surface area contributed by atoms with Gasteiger partial charge in [0.1, 0.15) is 5.75 Å². The molecule has 0 atom stereocenters. The molecule has 0 saturated carbocycles. The maximum absolute atomic E-state index is 11.9. The zero-order valence-electron chi connectivity index (χ0n) is 11.7. The van der Waals surface area contributed by atoms with Gasteiger partial charge in [0.05, 0.1) is 12.2 Å². The summed E-state index contributed by atoms with van der Waals surface area (Å²) in [6.45, 7) is 2.39. The second-order valence-electron chi connectivity index (χ2n) is 4.76. The molecule has 0 spiro atoms. The van der Waals surface area contributed by atoms with Crippen molar-refractivity contribution >= 4 is 5.78 Å². The van der Waals surface area contributed by atoms with Gasteiger partial charge in [0, 0.05) is 13.5 Å². The molecule has 0 amide bonds. The highest BCUT2D eigenvalue weighted by Crippen LogP contribution is 2.27. The lowest BCUT2D eigenvalue weighted by Gasteiger charge is -2.07. The van der Waals surface area contributed by atoms with Crippen LogP contribution in [-0.4, -0.2) is 24.6 Å². The molecule has 0 radical (unpaired) electrons. The molecule has 20 heavy (non-hydrogen) atoms. The topological polar surface area (TPSA) is 46.5 Å². The molecule has 0 aromatic heterocycles. The van der Waals surface area contributed by atoms with E-state index in [2.05, 4.69) is 0 Å². The van der Waals surface area contributed by atoms with Crippen molar-refractivity contribution in [1.82, 2.24) is 0 Å². The van der Waals surface area contributed by atoms with Crippen molar-refractivity contribution in [1.29, 1.82) is 0 Å². The molecule has 0 aliphatic carbocycles. The average Bonchev–Trinajstić information content (AvgIpc) is 2.45. The molecule has 2 aromatic carbocycles. The van der Waals surface area contributed by atoms with Crippen LogP contribution in [0.5, 0.6) is 5.75 Å². The van der Waals surface area contributed by atoms with Crippen molar-refractivity contribution in [2.24, 2.45) is 0 Å². The van der Waals surface area contributed by atoms with Gasteiger partial charge in [0.2, 0.25) is 0 Å². The first-order chi connectivity index (χ1) is 9.61. The van der Waals surface area contributed by atoms with E-state index in [1.54, 1.807) is 19.2 Å². The number of aryl methyl sites for hydroxylation is 1. The Morgan fingerprint density at radius 2 is 1.75 bits per heavy atom. The fourth-order valence-corrected chi connectivity index (χ4v) is 2.02. The molecule has 0 aliphatic heterocycles. The van der Waals surface area contributed by atoms with Crippen LogP contribution < -0.4 is 0 Å². The van der Waals surface area contributed by atoms with Crippen LogP contribution in [0.1, 0.15) is 22.3 Å². The number of hydrogen-bond acceptors (Lipinski definition) is 3. The highest BCUT2D eigenvalue weighted by atomic mass is 16.5. The highest BCUT2D eigenvalue weighted by Gasteiger charge is 2.11. The van der Waals surface area contributed by atoms with Crippen molar-refractivity contribution < 1.29 is 14.6 Å². The molecule has 0 saturated heterocycles. The number of carbonyl (C=O) groups is 1. The fraction of sp³-hybridized carbons (Fsp3) is 0.235. The van der Waals surface area contributed by atoms with Crippen molar-refractivity contribution in [2.75, 3.05) is 13.7 Å². The number of ketones is 1. The van der Waals surface area contributed by atoms with E-state index in [1.165, 1.54) is 5.56 Å². The predicted molar refractivity (Wildman–Crippen MR) is 79.1 cm³/mol. The fourth-order valence-electron chi connectivity index (χ4n) is 2.02. The van der Waals surface area contributed by atoms with Crippen LogP contribution in [-0.2, 0) is 4.74 Å². The highest BCUT2D eigenvalue weighted by molar-refractivity contribution is 5.99. The molecule has 104 valence electrons. The Labute approximate surface area is 118 Å². The van der Waals surface area contributed by atoms with Gasteiger partial charge in [-0.2, -0.15) is 0 Å². The van der Waals surface area contributed by atoms with Crippen molar-refractivity contribution in [3.8, 4) is 16.9 Å². The molecule has 2 rings (SSSR count). The van der Waals surface area contributed by atoms with Gasteiger partial charge in [-0.1, -0.05) is 35.9 Å². The first-order valence-electron chi connectivity index (χ1n) is 6.54. The molecule has 0 bridgehead atoms. The van der Waals surface area contributed by atoms with Crippen LogP contribution >= 0.6 is 0 Å². The van der Waals surface area contributed by atoms with E-state index >= 15 is 0 Å². The third-order valence-electron chi connectivity index (χ3n) is 3.22. The Kier molecular flexibility index (Phi) is 4.53. The number of Topliss-reactive ketones (excluding diaryl/α,β-unsaturated/α-hetero) is 1. The molecule has 0 aliphatic rings. The lowest BCUT2D eigenvalue weighted by Crippen LogP contribution is -2.03. The standard InChI is InChI=1S/C17H18O3/c1-12-3-5-13(6-4-12)14-7-8-15(17(19)11-14)16(18)9-10-20-2/h3-8,11,19H,9-10H2,1-2H3. The molecule has 1 N–H and O–H groups in total. The maximum Gasteiger partial charge on any atom is 0.168 e. The minimum Gasteiger partial charge on any atom is -0.507 e. The lowest BCUT2D eigenvalue weighted by atomic mass is 10.00. The summed E-state index contributed by atoms with van der Waals surface area (Å²) in [5.74, 6) is -0.0935. The minimum atomic E-state index is -0.111. The number of rotatable bonds is 5. The second-order valence-corrected chi connectivity index (χ2v) is 4.76. The molecular weight excluding hydrogens is 252 g/mol. The van der Waals surface area contributed by atoms with Crippen LogP contribution in [0.3, 0.4) is 0 Å². The monoisotopic (exact) mass is 270 g/mol. The van der Waals surface area contributed by atoms with E-state index in [1.807, 2.05) is 37.3 Å². The Bertz CT molecular complexity index is 600. The minimum absolute atomic E-state index is 0.0178. The summed E-state index contributed by atoms with van der Waals surface area (Å²) in [5, 5.41) is 10.0. The Balaban J connectivity index is 2.25. The summed E-state index contributed by atoms with van der Waals surface area (Å²) in [4.78, 5) is 11.9. The van der Waals surface area contributed by atoms with Crippen LogP contribution in [0.4, 0.5) is 0 Å². The molecule has 3 heteroatoms. The molecule has 0 unspecified atom stereocenters. The zero-order valence-corrected chi connectivity index (χ0v) is 11.7. The smallest absolute Gasteiger partial charge is 0.168 e. The van der Waals surface area contributed by atoms with E-state index in [0.29, 0.717) is 12.2 Å². The quantitative estimate of drug-likeness (QED) is 0.845. The van der Waals surface area contributed by atoms with Gasteiger partial charge >= 0.3 is 0 Å². The summed E-state index contributed by atoms with van der Waals surface area (Å²) in [7, 11) is 1.55. The number of phenolic OH excluding ortho intramolecular Hbond substituents is 1. The average molecular weight is 270 g/mol. The van der Waals surface area contributed by atoms with Gasteiger partial charge in [-0.25, -0.2) is 0 Å². The third kappa shape index (κ3) is 3.25. The Morgan fingerprint density at radius 3 is 2.35 bits per heavy atom. The van der Waals surface area contributed by atoms with Gasteiger partial charge in [-0.05, 0) is 30.2 Å². The molecular formula is C17H18O3. The van der Waals surface area contributed by atoms with Gasteiger partial charge in [-0.15, -0.1) is 0 Å². The summed E-state index contributed by atoms with van der Waals surface area (Å²) in [5.41, 5.74) is 3.44. The van der Waals surface area contributed by atoms with E-state index in [4.69, 9.17) is 4.74 Å². The summed E-state index contributed by atoms with van der Waals surface area (Å²) >= 11 is 0. The number of benzene rings is 2. The van der Waals surface area contributed by atoms with Crippen molar-refractivity contribution in [3.63, 3.8) is 0 Å². The van der Waals surface area contributed by atoms with E-state index in [-0.39, 0.29) is 18.0 Å². The van der Waals surface area contributed by atoms with Crippen molar-refractivity contribution in [3.05, 3.63) is 53.6 Å². The largest absolute Gasteiger partial charge is 0.507 e. The SMILES string of the molecule is COCCC(=O)c1ccc(-c2ccc(C)cc2)cc1O. The number of ether oxygens (including phenoxy) is 1. The summed E-state index contributed by atoms with van der Waals surface area (Å²) in [6.07, 6.45) is 0.272.